The average Bonchev–Trinajstić information content (AvgIpc) is 2.91. The van der Waals surface area contributed by atoms with E-state index in [0.717, 1.165) is 6.39 Å². The van der Waals surface area contributed by atoms with E-state index in [0.29, 0.717) is 11.5 Å². The molecule has 2 amide bonds. The van der Waals surface area contributed by atoms with E-state index < -0.39 is 12.0 Å². The van der Waals surface area contributed by atoms with Gasteiger partial charge in [0.25, 0.3) is 0 Å². The molecule has 0 bridgehead atoms. The number of carboxylic acid groups (broad SMARTS) is 1. The van der Waals surface area contributed by atoms with Gasteiger partial charge in [-0.1, -0.05) is 16.8 Å². The van der Waals surface area contributed by atoms with Crippen molar-refractivity contribution in [2.45, 2.75) is 6.54 Å². The van der Waals surface area contributed by atoms with Gasteiger partial charge in [-0.3, -0.25) is 0 Å². The Hall–Kier alpha value is -2.61. The molecule has 0 spiro atoms. The summed E-state index contributed by atoms with van der Waals surface area (Å²) in [6, 6.07) is 3.61. The molecule has 3 N–H and O–H groups in total. The van der Waals surface area contributed by atoms with Gasteiger partial charge in [-0.2, -0.15) is 4.98 Å². The largest absolute Gasteiger partial charge is 0.478 e. The first kappa shape index (κ1) is 13.8. The zero-order chi connectivity index (χ0) is 14.5. The lowest BCUT2D eigenvalue weighted by molar-refractivity contribution is 0.0697. The van der Waals surface area contributed by atoms with Gasteiger partial charge in [0.2, 0.25) is 6.39 Å². The third-order valence-corrected chi connectivity index (χ3v) is 2.60. The van der Waals surface area contributed by atoms with Crippen LogP contribution in [0.4, 0.5) is 10.5 Å². The maximum Gasteiger partial charge on any atom is 0.337 e. The number of carbonyl (C=O) groups is 2. The van der Waals surface area contributed by atoms with E-state index in [4.69, 9.17) is 16.7 Å². The number of aromatic nitrogens is 2. The standard InChI is InChI=1S/C11H9ClN4O4/c12-8-2-1-6(3-7(8)10(17)18)15-11(19)13-4-9-14-5-20-16-9/h1-3,5H,4H2,(H,17,18)(H2,13,15,19). The van der Waals surface area contributed by atoms with E-state index in [2.05, 4.69) is 25.3 Å². The van der Waals surface area contributed by atoms with Crippen molar-refractivity contribution in [1.82, 2.24) is 15.5 Å². The average molecular weight is 297 g/mol. The summed E-state index contributed by atoms with van der Waals surface area (Å²) in [7, 11) is 0. The maximum atomic E-state index is 11.6. The summed E-state index contributed by atoms with van der Waals surface area (Å²) >= 11 is 5.72. The highest BCUT2D eigenvalue weighted by molar-refractivity contribution is 6.33. The Balaban J connectivity index is 1.97. The molecule has 0 aliphatic rings. The van der Waals surface area contributed by atoms with Crippen LogP contribution >= 0.6 is 11.6 Å². The Bertz CT molecular complexity index is 629. The van der Waals surface area contributed by atoms with Crippen molar-refractivity contribution in [3.05, 3.63) is 41.0 Å². The molecule has 2 rings (SSSR count). The lowest BCUT2D eigenvalue weighted by Gasteiger charge is -2.07. The van der Waals surface area contributed by atoms with Gasteiger partial charge >= 0.3 is 12.0 Å². The number of hydrogen-bond donors (Lipinski definition) is 3. The van der Waals surface area contributed by atoms with E-state index in [1.54, 1.807) is 0 Å². The summed E-state index contributed by atoms with van der Waals surface area (Å²) in [6.07, 6.45) is 1.15. The molecule has 104 valence electrons. The van der Waals surface area contributed by atoms with Gasteiger partial charge in [-0.25, -0.2) is 9.59 Å². The third-order valence-electron chi connectivity index (χ3n) is 2.27. The second-order valence-corrected chi connectivity index (χ2v) is 4.06. The summed E-state index contributed by atoms with van der Waals surface area (Å²) in [5.41, 5.74) is 0.208. The summed E-state index contributed by atoms with van der Waals surface area (Å²) in [5.74, 6) is -0.853. The molecule has 1 aromatic carbocycles. The minimum atomic E-state index is -1.18. The molecule has 0 unspecified atom stereocenters. The van der Waals surface area contributed by atoms with Crippen LogP contribution in [0.25, 0.3) is 0 Å². The fraction of sp³-hybridized carbons (Fsp3) is 0.0909. The smallest absolute Gasteiger partial charge is 0.337 e. The molecule has 0 atom stereocenters. The van der Waals surface area contributed by atoms with E-state index >= 15 is 0 Å². The van der Waals surface area contributed by atoms with E-state index in [1.165, 1.54) is 18.2 Å². The highest BCUT2D eigenvalue weighted by atomic mass is 35.5. The number of hydrogen-bond acceptors (Lipinski definition) is 5. The Morgan fingerprint density at radius 2 is 2.20 bits per heavy atom. The van der Waals surface area contributed by atoms with Crippen molar-refractivity contribution in [3.63, 3.8) is 0 Å². The normalized spacial score (nSPS) is 10.1. The minimum absolute atomic E-state index is 0.0850. The number of aromatic carboxylic acids is 1. The van der Waals surface area contributed by atoms with Crippen LogP contribution in [0.15, 0.2) is 29.1 Å². The van der Waals surface area contributed by atoms with Gasteiger partial charge in [0.1, 0.15) is 0 Å². The lowest BCUT2D eigenvalue weighted by atomic mass is 10.2. The van der Waals surface area contributed by atoms with Crippen molar-refractivity contribution >= 4 is 29.3 Å². The monoisotopic (exact) mass is 296 g/mol. The molecule has 0 saturated heterocycles. The van der Waals surface area contributed by atoms with Crippen LogP contribution in [-0.4, -0.2) is 27.2 Å². The maximum absolute atomic E-state index is 11.6. The third kappa shape index (κ3) is 3.45. The van der Waals surface area contributed by atoms with Crippen LogP contribution < -0.4 is 10.6 Å². The lowest BCUT2D eigenvalue weighted by Crippen LogP contribution is -2.28. The number of rotatable bonds is 4. The van der Waals surface area contributed by atoms with Gasteiger partial charge in [-0.15, -0.1) is 0 Å². The van der Waals surface area contributed by atoms with Gasteiger partial charge in [0.15, 0.2) is 5.82 Å². The molecule has 8 nitrogen and oxygen atoms in total. The zero-order valence-corrected chi connectivity index (χ0v) is 10.7. The highest BCUT2D eigenvalue weighted by Gasteiger charge is 2.11. The second-order valence-electron chi connectivity index (χ2n) is 3.65. The van der Waals surface area contributed by atoms with Crippen molar-refractivity contribution in [3.8, 4) is 0 Å². The molecular weight excluding hydrogens is 288 g/mol. The van der Waals surface area contributed by atoms with Crippen molar-refractivity contribution in [2.75, 3.05) is 5.32 Å². The molecule has 1 heterocycles. The Morgan fingerprint density at radius 3 is 2.85 bits per heavy atom. The Kier molecular flexibility index (Phi) is 4.16. The molecule has 0 aliphatic carbocycles. The number of carbonyl (C=O) groups excluding carboxylic acids is 1. The predicted molar refractivity (Wildman–Crippen MR) is 68.6 cm³/mol. The van der Waals surface area contributed by atoms with Gasteiger partial charge in [-0.05, 0) is 18.2 Å². The Labute approximate surface area is 117 Å². The molecule has 9 heteroatoms. The van der Waals surface area contributed by atoms with E-state index in [1.807, 2.05) is 0 Å². The summed E-state index contributed by atoms with van der Waals surface area (Å²) < 4.78 is 4.51. The molecular formula is C11H9ClN4O4. The van der Waals surface area contributed by atoms with Crippen LogP contribution in [0.1, 0.15) is 16.2 Å². The fourth-order valence-corrected chi connectivity index (χ4v) is 1.57. The highest BCUT2D eigenvalue weighted by Crippen LogP contribution is 2.20. The summed E-state index contributed by atoms with van der Waals surface area (Å²) in [5, 5.41) is 17.5. The summed E-state index contributed by atoms with van der Waals surface area (Å²) in [4.78, 5) is 26.2. The van der Waals surface area contributed by atoms with Gasteiger partial charge < -0.3 is 20.3 Å². The SMILES string of the molecule is O=C(NCc1ncon1)Nc1ccc(Cl)c(C(=O)O)c1. The first-order chi connectivity index (χ1) is 9.56. The number of amides is 2. The second kappa shape index (κ2) is 6.02. The molecule has 0 fully saturated rings. The molecule has 0 saturated carbocycles. The Morgan fingerprint density at radius 1 is 1.40 bits per heavy atom. The van der Waals surface area contributed by atoms with Crippen LogP contribution in [0.3, 0.4) is 0 Å². The molecule has 20 heavy (non-hydrogen) atoms. The van der Waals surface area contributed by atoms with Crippen molar-refractivity contribution in [2.24, 2.45) is 0 Å². The molecule has 0 radical (unpaired) electrons. The van der Waals surface area contributed by atoms with Crippen LogP contribution in [0.5, 0.6) is 0 Å². The quantitative estimate of drug-likeness (QED) is 0.791. The number of nitrogens with zero attached hydrogens (tertiary/aromatic N) is 2. The first-order valence-corrected chi connectivity index (χ1v) is 5.77. The number of urea groups is 1. The van der Waals surface area contributed by atoms with Gasteiger partial charge in [0.05, 0.1) is 17.1 Å². The van der Waals surface area contributed by atoms with E-state index in [-0.39, 0.29) is 17.1 Å². The van der Waals surface area contributed by atoms with Crippen LogP contribution in [-0.2, 0) is 6.54 Å². The number of benzene rings is 1. The topological polar surface area (TPSA) is 117 Å². The number of anilines is 1. The molecule has 0 aliphatic heterocycles. The van der Waals surface area contributed by atoms with Crippen LogP contribution in [0, 0.1) is 0 Å². The predicted octanol–water partition coefficient (Wildman–Crippen LogP) is 1.74. The van der Waals surface area contributed by atoms with Crippen LogP contribution in [0.2, 0.25) is 5.02 Å². The van der Waals surface area contributed by atoms with Gasteiger partial charge in [0, 0.05) is 5.69 Å². The molecule has 2 aromatic rings. The molecule has 1 aromatic heterocycles. The van der Waals surface area contributed by atoms with Crippen molar-refractivity contribution in [1.29, 1.82) is 0 Å². The number of carboxylic acids is 1. The van der Waals surface area contributed by atoms with Crippen molar-refractivity contribution < 1.29 is 19.2 Å². The fourth-order valence-electron chi connectivity index (χ4n) is 1.37. The number of nitrogens with one attached hydrogen (secondary N) is 2. The summed E-state index contributed by atoms with van der Waals surface area (Å²) in [6.45, 7) is 0.0850. The number of halogens is 1. The first-order valence-electron chi connectivity index (χ1n) is 5.39. The minimum Gasteiger partial charge on any atom is -0.478 e. The van der Waals surface area contributed by atoms with E-state index in [9.17, 15) is 9.59 Å². The zero-order valence-electron chi connectivity index (χ0n) is 9.96.